The first-order valence-electron chi connectivity index (χ1n) is 6.70. The van der Waals surface area contributed by atoms with Crippen molar-refractivity contribution in [3.63, 3.8) is 0 Å². The van der Waals surface area contributed by atoms with Gasteiger partial charge in [-0.1, -0.05) is 61.5 Å². The molecule has 2 unspecified atom stereocenters. The molecule has 0 bridgehead atoms. The van der Waals surface area contributed by atoms with E-state index in [0.717, 1.165) is 16.7 Å². The van der Waals surface area contributed by atoms with Crippen LogP contribution in [0.25, 0.3) is 11.1 Å². The smallest absolute Gasteiger partial charge is 0.303 e. The molecule has 3 N–H and O–H groups in total. The molecule has 2 aromatic carbocycles. The third-order valence-corrected chi connectivity index (χ3v) is 3.51. The largest absolute Gasteiger partial charge is 0.481 e. The van der Waals surface area contributed by atoms with Crippen LogP contribution < -0.4 is 5.73 Å². The van der Waals surface area contributed by atoms with Crippen LogP contribution in [0.1, 0.15) is 24.9 Å². The number of hydrogen-bond acceptors (Lipinski definition) is 2. The van der Waals surface area contributed by atoms with E-state index in [4.69, 9.17) is 10.8 Å². The fourth-order valence-electron chi connectivity index (χ4n) is 2.26. The Morgan fingerprint density at radius 2 is 1.60 bits per heavy atom. The molecule has 2 aromatic rings. The monoisotopic (exact) mass is 269 g/mol. The second-order valence-electron chi connectivity index (χ2n) is 5.09. The molecule has 0 saturated heterocycles. The molecule has 0 fully saturated rings. The molecule has 0 aliphatic carbocycles. The molecule has 0 heterocycles. The maximum absolute atomic E-state index is 10.7. The second-order valence-corrected chi connectivity index (χ2v) is 5.09. The third-order valence-electron chi connectivity index (χ3n) is 3.51. The first-order valence-corrected chi connectivity index (χ1v) is 6.70. The molecule has 2 atom stereocenters. The van der Waals surface area contributed by atoms with Crippen molar-refractivity contribution in [1.82, 2.24) is 0 Å². The van der Waals surface area contributed by atoms with Crippen LogP contribution in [0, 0.1) is 5.92 Å². The van der Waals surface area contributed by atoms with Crippen LogP contribution in [0.3, 0.4) is 0 Å². The summed E-state index contributed by atoms with van der Waals surface area (Å²) in [5.74, 6) is -0.899. The molecule has 2 rings (SSSR count). The molecule has 0 aliphatic heterocycles. The highest BCUT2D eigenvalue weighted by Crippen LogP contribution is 2.25. The summed E-state index contributed by atoms with van der Waals surface area (Å²) in [5, 5.41) is 8.82. The maximum atomic E-state index is 10.7. The van der Waals surface area contributed by atoms with Crippen molar-refractivity contribution >= 4 is 5.97 Å². The number of nitrogens with two attached hydrogens (primary N) is 1. The van der Waals surface area contributed by atoms with E-state index < -0.39 is 5.97 Å². The van der Waals surface area contributed by atoms with E-state index in [2.05, 4.69) is 12.1 Å². The van der Waals surface area contributed by atoms with Crippen LogP contribution in [0.5, 0.6) is 0 Å². The zero-order valence-corrected chi connectivity index (χ0v) is 11.5. The standard InChI is InChI=1S/C17H19NO2/c1-12(11-16(19)20)17(18)15-9-7-14(8-10-15)13-5-3-2-4-6-13/h2-10,12,17H,11,18H2,1H3,(H,19,20). The fraction of sp³-hybridized carbons (Fsp3) is 0.235. The topological polar surface area (TPSA) is 63.3 Å². The van der Waals surface area contributed by atoms with Crippen molar-refractivity contribution in [2.45, 2.75) is 19.4 Å². The van der Waals surface area contributed by atoms with Crippen LogP contribution in [0.15, 0.2) is 54.6 Å². The number of hydrogen-bond donors (Lipinski definition) is 2. The molecule has 104 valence electrons. The average molecular weight is 269 g/mol. The quantitative estimate of drug-likeness (QED) is 0.873. The normalized spacial score (nSPS) is 13.7. The fourth-order valence-corrected chi connectivity index (χ4v) is 2.26. The van der Waals surface area contributed by atoms with Crippen LogP contribution in [0.4, 0.5) is 0 Å². The van der Waals surface area contributed by atoms with Gasteiger partial charge in [0.1, 0.15) is 0 Å². The molecule has 3 nitrogen and oxygen atoms in total. The summed E-state index contributed by atoms with van der Waals surface area (Å²) >= 11 is 0. The highest BCUT2D eigenvalue weighted by molar-refractivity contribution is 5.67. The SMILES string of the molecule is CC(CC(=O)O)C(N)c1ccc(-c2ccccc2)cc1. The van der Waals surface area contributed by atoms with E-state index in [0.29, 0.717) is 0 Å². The second kappa shape index (κ2) is 6.35. The number of aliphatic carboxylic acids is 1. The van der Waals surface area contributed by atoms with Crippen molar-refractivity contribution in [2.75, 3.05) is 0 Å². The van der Waals surface area contributed by atoms with E-state index in [-0.39, 0.29) is 18.4 Å². The van der Waals surface area contributed by atoms with Crippen LogP contribution in [0.2, 0.25) is 0 Å². The summed E-state index contributed by atoms with van der Waals surface area (Å²) < 4.78 is 0. The van der Waals surface area contributed by atoms with E-state index >= 15 is 0 Å². The Morgan fingerprint density at radius 3 is 2.15 bits per heavy atom. The van der Waals surface area contributed by atoms with Gasteiger partial charge >= 0.3 is 5.97 Å². The molecule has 0 aromatic heterocycles. The summed E-state index contributed by atoms with van der Waals surface area (Å²) in [4.78, 5) is 10.7. The number of rotatable bonds is 5. The van der Waals surface area contributed by atoms with Gasteiger partial charge in [0.2, 0.25) is 0 Å². The van der Waals surface area contributed by atoms with Crippen molar-refractivity contribution in [2.24, 2.45) is 11.7 Å². The Kier molecular flexibility index (Phi) is 4.53. The van der Waals surface area contributed by atoms with Gasteiger partial charge in [-0.2, -0.15) is 0 Å². The Balaban J connectivity index is 2.14. The summed E-state index contributed by atoms with van der Waals surface area (Å²) in [6.45, 7) is 1.86. The number of carbonyl (C=O) groups is 1. The number of benzene rings is 2. The summed E-state index contributed by atoms with van der Waals surface area (Å²) in [6, 6.07) is 17.9. The molecule has 0 saturated carbocycles. The summed E-state index contributed by atoms with van der Waals surface area (Å²) in [7, 11) is 0. The van der Waals surface area contributed by atoms with Crippen LogP contribution in [-0.2, 0) is 4.79 Å². The van der Waals surface area contributed by atoms with Gasteiger partial charge in [0.15, 0.2) is 0 Å². The molecule has 0 spiro atoms. The highest BCUT2D eigenvalue weighted by atomic mass is 16.4. The van der Waals surface area contributed by atoms with Gasteiger partial charge < -0.3 is 10.8 Å². The number of carboxylic acid groups (broad SMARTS) is 1. The minimum absolute atomic E-state index is 0.0849. The Morgan fingerprint density at radius 1 is 1.05 bits per heavy atom. The molecular formula is C17H19NO2. The molecule has 0 radical (unpaired) electrons. The Bertz CT molecular complexity index is 563. The van der Waals surface area contributed by atoms with Gasteiger partial charge in [-0.05, 0) is 22.6 Å². The predicted molar refractivity (Wildman–Crippen MR) is 80.2 cm³/mol. The van der Waals surface area contributed by atoms with Gasteiger partial charge in [0, 0.05) is 12.5 Å². The zero-order chi connectivity index (χ0) is 14.5. The van der Waals surface area contributed by atoms with E-state index in [9.17, 15) is 4.79 Å². The van der Waals surface area contributed by atoms with E-state index in [1.165, 1.54) is 0 Å². The van der Waals surface area contributed by atoms with Crippen molar-refractivity contribution in [3.05, 3.63) is 60.2 Å². The number of carboxylic acids is 1. The van der Waals surface area contributed by atoms with Crippen molar-refractivity contribution in [1.29, 1.82) is 0 Å². The maximum Gasteiger partial charge on any atom is 0.303 e. The van der Waals surface area contributed by atoms with Gasteiger partial charge in [0.25, 0.3) is 0 Å². The molecule has 20 heavy (non-hydrogen) atoms. The predicted octanol–water partition coefficient (Wildman–Crippen LogP) is 3.46. The molecule has 3 heteroatoms. The lowest BCUT2D eigenvalue weighted by molar-refractivity contribution is -0.138. The lowest BCUT2D eigenvalue weighted by atomic mass is 9.91. The molecular weight excluding hydrogens is 250 g/mol. The lowest BCUT2D eigenvalue weighted by Crippen LogP contribution is -2.21. The van der Waals surface area contributed by atoms with Gasteiger partial charge in [-0.25, -0.2) is 0 Å². The van der Waals surface area contributed by atoms with Crippen LogP contribution in [-0.4, -0.2) is 11.1 Å². The first kappa shape index (κ1) is 14.3. The summed E-state index contributed by atoms with van der Waals surface area (Å²) in [6.07, 6.45) is 0.0849. The highest BCUT2D eigenvalue weighted by Gasteiger charge is 2.17. The molecule has 0 aliphatic rings. The summed E-state index contributed by atoms with van der Waals surface area (Å²) in [5.41, 5.74) is 9.37. The Labute approximate surface area is 119 Å². The average Bonchev–Trinajstić information content (AvgIpc) is 2.47. The van der Waals surface area contributed by atoms with Gasteiger partial charge in [-0.15, -0.1) is 0 Å². The van der Waals surface area contributed by atoms with Gasteiger partial charge in [0.05, 0.1) is 0 Å². The molecule has 0 amide bonds. The lowest BCUT2D eigenvalue weighted by Gasteiger charge is -2.19. The van der Waals surface area contributed by atoms with Crippen molar-refractivity contribution < 1.29 is 9.90 Å². The zero-order valence-electron chi connectivity index (χ0n) is 11.5. The van der Waals surface area contributed by atoms with Crippen LogP contribution >= 0.6 is 0 Å². The minimum Gasteiger partial charge on any atom is -0.481 e. The first-order chi connectivity index (χ1) is 9.58. The minimum atomic E-state index is -0.811. The van der Waals surface area contributed by atoms with Gasteiger partial charge in [-0.3, -0.25) is 4.79 Å². The third kappa shape index (κ3) is 3.45. The van der Waals surface area contributed by atoms with E-state index in [1.807, 2.05) is 49.4 Å². The Hall–Kier alpha value is -2.13. The van der Waals surface area contributed by atoms with E-state index in [1.54, 1.807) is 0 Å². The van der Waals surface area contributed by atoms with Crippen molar-refractivity contribution in [3.8, 4) is 11.1 Å².